The normalized spacial score (nSPS) is 18.1. The average Bonchev–Trinajstić information content (AvgIpc) is 2.45. The van der Waals surface area contributed by atoms with E-state index in [9.17, 15) is 4.79 Å². The van der Waals surface area contributed by atoms with Crippen LogP contribution < -0.4 is 5.73 Å². The molecule has 1 aromatic rings. The maximum atomic E-state index is 12.6. The van der Waals surface area contributed by atoms with Gasteiger partial charge in [0, 0.05) is 24.3 Å². The zero-order valence-corrected chi connectivity index (χ0v) is 12.9. The lowest BCUT2D eigenvalue weighted by atomic mass is 9.74. The minimum Gasteiger partial charge on any atom is -0.399 e. The molecule has 2 rings (SSSR count). The molecule has 1 heterocycles. The summed E-state index contributed by atoms with van der Waals surface area (Å²) in [5.41, 5.74) is 8.73. The largest absolute Gasteiger partial charge is 0.399 e. The molecule has 1 saturated heterocycles. The third-order valence-corrected chi connectivity index (χ3v) is 4.96. The number of hydrogen-bond donors (Lipinski definition) is 1. The molecule has 0 radical (unpaired) electrons. The zero-order valence-electron chi connectivity index (χ0n) is 12.9. The predicted octanol–water partition coefficient (Wildman–Crippen LogP) is 3.62. The smallest absolute Gasteiger partial charge is 0.253 e. The fourth-order valence-electron chi connectivity index (χ4n) is 3.26. The molecule has 2 N–H and O–H groups in total. The number of likely N-dealkylation sites (tertiary alicyclic amines) is 1. The number of nitrogen functional groups attached to an aromatic ring is 1. The number of carbonyl (C=O) groups excluding carboxylic acids is 1. The molecule has 0 aliphatic carbocycles. The van der Waals surface area contributed by atoms with Crippen molar-refractivity contribution in [2.24, 2.45) is 5.41 Å². The zero-order chi connectivity index (χ0) is 14.8. The van der Waals surface area contributed by atoms with E-state index in [4.69, 9.17) is 5.73 Å². The molecule has 0 aromatic heterocycles. The Labute approximate surface area is 122 Å². The van der Waals surface area contributed by atoms with Crippen molar-refractivity contribution in [2.45, 2.75) is 46.5 Å². The molecule has 0 saturated carbocycles. The van der Waals surface area contributed by atoms with Crippen molar-refractivity contribution in [3.05, 3.63) is 29.3 Å². The number of benzene rings is 1. The number of piperidine rings is 1. The van der Waals surface area contributed by atoms with Crippen LogP contribution in [0.2, 0.25) is 0 Å². The molecule has 1 amide bonds. The molecular formula is C17H26N2O. The summed E-state index contributed by atoms with van der Waals surface area (Å²) < 4.78 is 0. The van der Waals surface area contributed by atoms with Gasteiger partial charge in [0.15, 0.2) is 0 Å². The van der Waals surface area contributed by atoms with Crippen LogP contribution in [0.5, 0.6) is 0 Å². The molecule has 1 aromatic carbocycles. The van der Waals surface area contributed by atoms with Crippen LogP contribution in [0, 0.1) is 12.3 Å². The Bertz CT molecular complexity index is 462. The predicted molar refractivity (Wildman–Crippen MR) is 83.7 cm³/mol. The molecular weight excluding hydrogens is 248 g/mol. The highest BCUT2D eigenvalue weighted by atomic mass is 16.2. The SMILES string of the molecule is CCC1(CC)CCN(C(=O)c2cc(C)cc(N)c2)CC1. The maximum Gasteiger partial charge on any atom is 0.253 e. The fourth-order valence-corrected chi connectivity index (χ4v) is 3.26. The molecule has 0 unspecified atom stereocenters. The lowest BCUT2D eigenvalue weighted by molar-refractivity contribution is 0.0557. The number of amides is 1. The van der Waals surface area contributed by atoms with Gasteiger partial charge in [-0.25, -0.2) is 0 Å². The van der Waals surface area contributed by atoms with E-state index in [0.29, 0.717) is 11.1 Å². The first-order valence-corrected chi connectivity index (χ1v) is 7.66. The summed E-state index contributed by atoms with van der Waals surface area (Å²) in [4.78, 5) is 14.5. The number of hydrogen-bond acceptors (Lipinski definition) is 2. The Kier molecular flexibility index (Phi) is 4.36. The Balaban J connectivity index is 2.08. The monoisotopic (exact) mass is 274 g/mol. The Morgan fingerprint density at radius 2 is 1.80 bits per heavy atom. The molecule has 0 spiro atoms. The summed E-state index contributed by atoms with van der Waals surface area (Å²) in [6.07, 6.45) is 4.66. The second-order valence-electron chi connectivity index (χ2n) is 6.13. The van der Waals surface area contributed by atoms with Gasteiger partial charge in [0.1, 0.15) is 0 Å². The van der Waals surface area contributed by atoms with Crippen molar-refractivity contribution >= 4 is 11.6 Å². The summed E-state index contributed by atoms with van der Waals surface area (Å²) in [5, 5.41) is 0. The van der Waals surface area contributed by atoms with E-state index in [1.807, 2.05) is 24.0 Å². The van der Waals surface area contributed by atoms with E-state index < -0.39 is 0 Å². The van der Waals surface area contributed by atoms with Gasteiger partial charge in [-0.15, -0.1) is 0 Å². The average molecular weight is 274 g/mol. The Morgan fingerprint density at radius 1 is 1.20 bits per heavy atom. The number of nitrogens with zero attached hydrogens (tertiary/aromatic N) is 1. The quantitative estimate of drug-likeness (QED) is 0.856. The summed E-state index contributed by atoms with van der Waals surface area (Å²) in [7, 11) is 0. The minimum absolute atomic E-state index is 0.126. The molecule has 20 heavy (non-hydrogen) atoms. The molecule has 3 nitrogen and oxygen atoms in total. The molecule has 1 fully saturated rings. The van der Waals surface area contributed by atoms with Gasteiger partial charge in [0.25, 0.3) is 5.91 Å². The number of anilines is 1. The lowest BCUT2D eigenvalue weighted by Crippen LogP contribution is -2.42. The van der Waals surface area contributed by atoms with Gasteiger partial charge in [-0.1, -0.05) is 26.7 Å². The second-order valence-corrected chi connectivity index (χ2v) is 6.13. The van der Waals surface area contributed by atoms with Gasteiger partial charge in [-0.05, 0) is 48.9 Å². The van der Waals surface area contributed by atoms with Crippen molar-refractivity contribution in [1.82, 2.24) is 4.90 Å². The van der Waals surface area contributed by atoms with Gasteiger partial charge in [-0.3, -0.25) is 4.79 Å². The molecule has 110 valence electrons. The minimum atomic E-state index is 0.126. The summed E-state index contributed by atoms with van der Waals surface area (Å²) in [6.45, 7) is 8.25. The first-order valence-electron chi connectivity index (χ1n) is 7.66. The molecule has 3 heteroatoms. The van der Waals surface area contributed by atoms with Gasteiger partial charge in [0.05, 0.1) is 0 Å². The Morgan fingerprint density at radius 3 is 2.30 bits per heavy atom. The van der Waals surface area contributed by atoms with Crippen molar-refractivity contribution < 1.29 is 4.79 Å². The lowest BCUT2D eigenvalue weighted by Gasteiger charge is -2.41. The van der Waals surface area contributed by atoms with Gasteiger partial charge in [-0.2, -0.15) is 0 Å². The maximum absolute atomic E-state index is 12.6. The van der Waals surface area contributed by atoms with Crippen LogP contribution in [-0.4, -0.2) is 23.9 Å². The van der Waals surface area contributed by atoms with Gasteiger partial charge < -0.3 is 10.6 Å². The topological polar surface area (TPSA) is 46.3 Å². The molecule has 1 aliphatic heterocycles. The highest BCUT2D eigenvalue weighted by Crippen LogP contribution is 2.38. The summed E-state index contributed by atoms with van der Waals surface area (Å²) in [6, 6.07) is 5.61. The highest BCUT2D eigenvalue weighted by molar-refractivity contribution is 5.95. The number of nitrogens with two attached hydrogens (primary N) is 1. The summed E-state index contributed by atoms with van der Waals surface area (Å²) >= 11 is 0. The van der Waals surface area contributed by atoms with E-state index in [0.717, 1.165) is 37.1 Å². The summed E-state index contributed by atoms with van der Waals surface area (Å²) in [5.74, 6) is 0.126. The highest BCUT2D eigenvalue weighted by Gasteiger charge is 2.33. The second kappa shape index (κ2) is 5.86. The van der Waals surface area contributed by atoms with Crippen LogP contribution in [0.4, 0.5) is 5.69 Å². The Hall–Kier alpha value is -1.51. The van der Waals surface area contributed by atoms with E-state index in [1.165, 1.54) is 12.8 Å². The number of aryl methyl sites for hydroxylation is 1. The first-order chi connectivity index (χ1) is 9.49. The van der Waals surface area contributed by atoms with E-state index in [-0.39, 0.29) is 5.91 Å². The van der Waals surface area contributed by atoms with Crippen LogP contribution in [-0.2, 0) is 0 Å². The third kappa shape index (κ3) is 2.97. The fraction of sp³-hybridized carbons (Fsp3) is 0.588. The molecule has 1 aliphatic rings. The third-order valence-electron chi connectivity index (χ3n) is 4.96. The van der Waals surface area contributed by atoms with Gasteiger partial charge in [0.2, 0.25) is 0 Å². The molecule has 0 bridgehead atoms. The van der Waals surface area contributed by atoms with E-state index in [1.54, 1.807) is 6.07 Å². The van der Waals surface area contributed by atoms with Crippen LogP contribution in [0.3, 0.4) is 0 Å². The van der Waals surface area contributed by atoms with E-state index >= 15 is 0 Å². The van der Waals surface area contributed by atoms with Gasteiger partial charge >= 0.3 is 0 Å². The van der Waals surface area contributed by atoms with Crippen molar-refractivity contribution in [3.63, 3.8) is 0 Å². The van der Waals surface area contributed by atoms with Crippen LogP contribution in [0.15, 0.2) is 18.2 Å². The van der Waals surface area contributed by atoms with Crippen LogP contribution in [0.25, 0.3) is 0 Å². The van der Waals surface area contributed by atoms with Crippen LogP contribution in [0.1, 0.15) is 55.5 Å². The van der Waals surface area contributed by atoms with Crippen molar-refractivity contribution in [2.75, 3.05) is 18.8 Å². The van der Waals surface area contributed by atoms with Crippen LogP contribution >= 0.6 is 0 Å². The van der Waals surface area contributed by atoms with E-state index in [2.05, 4.69) is 13.8 Å². The standard InChI is InChI=1S/C17H26N2O/c1-4-17(5-2)6-8-19(9-7-17)16(20)14-10-13(3)11-15(18)12-14/h10-12H,4-9,18H2,1-3H3. The number of carbonyl (C=O) groups is 1. The first kappa shape index (κ1) is 14.9. The van der Waals surface area contributed by atoms with Crippen molar-refractivity contribution in [3.8, 4) is 0 Å². The van der Waals surface area contributed by atoms with Crippen molar-refractivity contribution in [1.29, 1.82) is 0 Å². The number of rotatable bonds is 3. The molecule has 0 atom stereocenters.